The van der Waals surface area contributed by atoms with Crippen LogP contribution in [-0.4, -0.2) is 11.6 Å². The van der Waals surface area contributed by atoms with Gasteiger partial charge in [0.2, 0.25) is 0 Å². The molecule has 0 heterocycles. The molecule has 0 aromatic heterocycles. The van der Waals surface area contributed by atoms with Gasteiger partial charge in [-0.25, -0.2) is 0 Å². The van der Waals surface area contributed by atoms with Crippen LogP contribution in [0, 0.1) is 0 Å². The molecule has 1 N–H and O–H groups in total. The van der Waals surface area contributed by atoms with Gasteiger partial charge in [0, 0.05) is 11.6 Å². The molecule has 0 aromatic rings. The Morgan fingerprint density at radius 1 is 1.13 bits per heavy atom. The van der Waals surface area contributed by atoms with Crippen molar-refractivity contribution in [2.75, 3.05) is 0 Å². The fourth-order valence-electron chi connectivity index (χ4n) is 2.82. The van der Waals surface area contributed by atoms with Crippen LogP contribution in [0.3, 0.4) is 0 Å². The van der Waals surface area contributed by atoms with E-state index in [-0.39, 0.29) is 12.4 Å². The largest absolute Gasteiger partial charge is 0.309 e. The van der Waals surface area contributed by atoms with Crippen molar-refractivity contribution < 1.29 is 0 Å². The fourth-order valence-corrected chi connectivity index (χ4v) is 2.82. The summed E-state index contributed by atoms with van der Waals surface area (Å²) in [5.74, 6) is 0. The van der Waals surface area contributed by atoms with E-state index in [1.54, 1.807) is 0 Å². The summed E-state index contributed by atoms with van der Waals surface area (Å²) >= 11 is 0. The molecule has 1 fully saturated rings. The normalized spacial score (nSPS) is 20.0. The van der Waals surface area contributed by atoms with E-state index in [2.05, 4.69) is 26.1 Å². The molecule has 0 aliphatic heterocycles. The molecule has 2 heteroatoms. The molecule has 1 saturated carbocycles. The second-order valence-corrected chi connectivity index (χ2v) is 5.24. The first kappa shape index (κ1) is 15.2. The monoisotopic (exact) mass is 233 g/mol. The molecule has 0 unspecified atom stereocenters. The maximum absolute atomic E-state index is 3.83. The standard InChI is InChI=1S/C13H27N.ClH/c1-4-5-9-13(14-12(2)3)10-7-6-8-11-13;/h12,14H,4-11H2,1-3H3;1H. The van der Waals surface area contributed by atoms with Crippen LogP contribution in [0.2, 0.25) is 0 Å². The molecule has 0 aromatic carbocycles. The highest BCUT2D eigenvalue weighted by atomic mass is 35.5. The summed E-state index contributed by atoms with van der Waals surface area (Å²) in [5.41, 5.74) is 0.502. The smallest absolute Gasteiger partial charge is 0.0183 e. The van der Waals surface area contributed by atoms with E-state index in [1.807, 2.05) is 0 Å². The second kappa shape index (κ2) is 7.51. The van der Waals surface area contributed by atoms with Gasteiger partial charge >= 0.3 is 0 Å². The summed E-state index contributed by atoms with van der Waals surface area (Å²) < 4.78 is 0. The third kappa shape index (κ3) is 5.21. The topological polar surface area (TPSA) is 12.0 Å². The molecule has 0 atom stereocenters. The third-order valence-electron chi connectivity index (χ3n) is 3.41. The summed E-state index contributed by atoms with van der Waals surface area (Å²) in [6.07, 6.45) is 11.2. The van der Waals surface area contributed by atoms with E-state index in [4.69, 9.17) is 0 Å². The summed E-state index contributed by atoms with van der Waals surface area (Å²) in [4.78, 5) is 0. The van der Waals surface area contributed by atoms with E-state index in [9.17, 15) is 0 Å². The van der Waals surface area contributed by atoms with Gasteiger partial charge in [-0.2, -0.15) is 0 Å². The average Bonchev–Trinajstić information content (AvgIpc) is 2.15. The van der Waals surface area contributed by atoms with Crippen molar-refractivity contribution in [1.82, 2.24) is 5.32 Å². The number of hydrogen-bond acceptors (Lipinski definition) is 1. The van der Waals surface area contributed by atoms with Crippen molar-refractivity contribution in [3.8, 4) is 0 Å². The number of unbranched alkanes of at least 4 members (excludes halogenated alkanes) is 1. The number of hydrogen-bond donors (Lipinski definition) is 1. The van der Waals surface area contributed by atoms with Crippen molar-refractivity contribution in [3.05, 3.63) is 0 Å². The second-order valence-electron chi connectivity index (χ2n) is 5.24. The van der Waals surface area contributed by atoms with Gasteiger partial charge in [0.25, 0.3) is 0 Å². The van der Waals surface area contributed by atoms with Gasteiger partial charge in [-0.15, -0.1) is 12.4 Å². The van der Waals surface area contributed by atoms with Gasteiger partial charge in [-0.3, -0.25) is 0 Å². The van der Waals surface area contributed by atoms with Gasteiger partial charge in [0.05, 0.1) is 0 Å². The van der Waals surface area contributed by atoms with Gasteiger partial charge in [0.1, 0.15) is 0 Å². The zero-order chi connectivity index (χ0) is 10.4. The highest BCUT2D eigenvalue weighted by molar-refractivity contribution is 5.85. The van der Waals surface area contributed by atoms with Crippen molar-refractivity contribution in [3.63, 3.8) is 0 Å². The van der Waals surface area contributed by atoms with E-state index in [1.165, 1.54) is 51.4 Å². The first-order valence-electron chi connectivity index (χ1n) is 6.46. The Kier molecular flexibility index (Phi) is 7.64. The Labute approximate surface area is 102 Å². The Bertz CT molecular complexity index is 151. The Hall–Kier alpha value is 0.250. The van der Waals surface area contributed by atoms with Crippen LogP contribution >= 0.6 is 12.4 Å². The van der Waals surface area contributed by atoms with Crippen molar-refractivity contribution in [2.24, 2.45) is 0 Å². The van der Waals surface area contributed by atoms with Crippen molar-refractivity contribution in [1.29, 1.82) is 0 Å². The lowest BCUT2D eigenvalue weighted by Gasteiger charge is -2.40. The van der Waals surface area contributed by atoms with Crippen LogP contribution in [0.1, 0.15) is 72.1 Å². The van der Waals surface area contributed by atoms with Crippen LogP contribution in [0.5, 0.6) is 0 Å². The predicted molar refractivity (Wildman–Crippen MR) is 70.9 cm³/mol. The molecule has 0 saturated heterocycles. The molecule has 0 bridgehead atoms. The molecular weight excluding hydrogens is 206 g/mol. The molecule has 1 nitrogen and oxygen atoms in total. The average molecular weight is 234 g/mol. The maximum atomic E-state index is 3.83. The quantitative estimate of drug-likeness (QED) is 0.747. The first-order valence-corrected chi connectivity index (χ1v) is 6.46. The number of rotatable bonds is 5. The lowest BCUT2D eigenvalue weighted by molar-refractivity contribution is 0.196. The summed E-state index contributed by atoms with van der Waals surface area (Å²) in [6, 6.07) is 0.643. The van der Waals surface area contributed by atoms with Crippen LogP contribution in [0.4, 0.5) is 0 Å². The number of halogens is 1. The number of nitrogens with one attached hydrogen (secondary N) is 1. The van der Waals surface area contributed by atoms with E-state index < -0.39 is 0 Å². The van der Waals surface area contributed by atoms with Crippen molar-refractivity contribution >= 4 is 12.4 Å². The molecule has 92 valence electrons. The van der Waals surface area contributed by atoms with Crippen LogP contribution in [0.25, 0.3) is 0 Å². The third-order valence-corrected chi connectivity index (χ3v) is 3.41. The summed E-state index contributed by atoms with van der Waals surface area (Å²) in [6.45, 7) is 6.86. The van der Waals surface area contributed by atoms with Crippen LogP contribution in [-0.2, 0) is 0 Å². The van der Waals surface area contributed by atoms with Gasteiger partial charge in [-0.05, 0) is 19.3 Å². The van der Waals surface area contributed by atoms with E-state index in [0.29, 0.717) is 11.6 Å². The zero-order valence-electron chi connectivity index (χ0n) is 10.6. The van der Waals surface area contributed by atoms with Gasteiger partial charge in [0.15, 0.2) is 0 Å². The minimum absolute atomic E-state index is 0. The van der Waals surface area contributed by atoms with E-state index >= 15 is 0 Å². The predicted octanol–water partition coefficient (Wildman–Crippen LogP) is 4.30. The molecule has 1 aliphatic carbocycles. The first-order chi connectivity index (χ1) is 6.68. The van der Waals surface area contributed by atoms with Gasteiger partial charge < -0.3 is 5.32 Å². The SMILES string of the molecule is CCCCC1(NC(C)C)CCCCC1.Cl. The lowest BCUT2D eigenvalue weighted by Crippen LogP contribution is -2.49. The Morgan fingerprint density at radius 2 is 1.73 bits per heavy atom. The highest BCUT2D eigenvalue weighted by Gasteiger charge is 2.31. The molecule has 1 aliphatic rings. The maximum Gasteiger partial charge on any atom is 0.0183 e. The molecule has 1 rings (SSSR count). The minimum Gasteiger partial charge on any atom is -0.309 e. The molecule has 0 radical (unpaired) electrons. The van der Waals surface area contributed by atoms with E-state index in [0.717, 1.165) is 0 Å². The molecule has 0 amide bonds. The van der Waals surface area contributed by atoms with Crippen molar-refractivity contribution in [2.45, 2.75) is 83.7 Å². The van der Waals surface area contributed by atoms with Crippen LogP contribution < -0.4 is 5.32 Å². The Balaban J connectivity index is 0.00000196. The Morgan fingerprint density at radius 3 is 2.20 bits per heavy atom. The fraction of sp³-hybridized carbons (Fsp3) is 1.00. The lowest BCUT2D eigenvalue weighted by atomic mass is 9.78. The zero-order valence-corrected chi connectivity index (χ0v) is 11.5. The molecule has 15 heavy (non-hydrogen) atoms. The highest BCUT2D eigenvalue weighted by Crippen LogP contribution is 2.32. The van der Waals surface area contributed by atoms with Crippen LogP contribution in [0.15, 0.2) is 0 Å². The van der Waals surface area contributed by atoms with Gasteiger partial charge in [-0.1, -0.05) is 52.9 Å². The molecular formula is C13H28ClN. The molecule has 0 spiro atoms. The summed E-state index contributed by atoms with van der Waals surface area (Å²) in [5, 5.41) is 3.83. The summed E-state index contributed by atoms with van der Waals surface area (Å²) in [7, 11) is 0. The minimum atomic E-state index is 0.